The van der Waals surface area contributed by atoms with Crippen molar-refractivity contribution in [2.24, 2.45) is 5.73 Å². The number of ether oxygens (including phenoxy) is 1. The zero-order valence-corrected chi connectivity index (χ0v) is 11.1. The predicted octanol–water partition coefficient (Wildman–Crippen LogP) is 0.226. The van der Waals surface area contributed by atoms with Crippen molar-refractivity contribution in [3.8, 4) is 0 Å². The van der Waals surface area contributed by atoms with Gasteiger partial charge < -0.3 is 20.5 Å². The molecule has 0 bridgehead atoms. The van der Waals surface area contributed by atoms with Crippen LogP contribution >= 0.6 is 0 Å². The molecule has 3 rings (SSSR count). The third kappa shape index (κ3) is 2.45. The summed E-state index contributed by atoms with van der Waals surface area (Å²) in [5, 5.41) is 9.24. The lowest BCUT2D eigenvalue weighted by Gasteiger charge is -2.34. The lowest BCUT2D eigenvalue weighted by Crippen LogP contribution is -2.45. The smallest absolute Gasteiger partial charge is 0.133 e. The molecule has 0 aromatic carbocycles. The standard InChI is InChI=1S/C14H21N3O2/c15-7-11-6-10-2-1-3-13(10)16-14(11)17-4-5-19-12(8-17)9-18/h6,12,18H,1-5,7-9,15H2. The molecule has 5 heteroatoms. The number of nitrogens with two attached hydrogens (primary N) is 1. The van der Waals surface area contributed by atoms with Crippen molar-refractivity contribution in [2.75, 3.05) is 31.2 Å². The second-order valence-corrected chi connectivity index (χ2v) is 5.26. The van der Waals surface area contributed by atoms with E-state index in [2.05, 4.69) is 11.0 Å². The molecule has 2 aliphatic rings. The van der Waals surface area contributed by atoms with Crippen LogP contribution in [0, 0.1) is 0 Å². The number of anilines is 1. The van der Waals surface area contributed by atoms with Crippen LogP contribution in [0.3, 0.4) is 0 Å². The van der Waals surface area contributed by atoms with Crippen LogP contribution in [-0.4, -0.2) is 42.5 Å². The molecular weight excluding hydrogens is 242 g/mol. The van der Waals surface area contributed by atoms with Gasteiger partial charge in [0.15, 0.2) is 0 Å². The van der Waals surface area contributed by atoms with Crippen molar-refractivity contribution in [3.05, 3.63) is 22.9 Å². The quantitative estimate of drug-likeness (QED) is 0.816. The van der Waals surface area contributed by atoms with Gasteiger partial charge in [0.2, 0.25) is 0 Å². The van der Waals surface area contributed by atoms with Gasteiger partial charge in [0.1, 0.15) is 5.82 Å². The van der Waals surface area contributed by atoms with Crippen LogP contribution in [0.5, 0.6) is 0 Å². The zero-order valence-electron chi connectivity index (χ0n) is 11.1. The molecule has 1 fully saturated rings. The van der Waals surface area contributed by atoms with E-state index in [9.17, 15) is 5.11 Å². The molecule has 1 aromatic rings. The molecule has 1 atom stereocenters. The number of aromatic nitrogens is 1. The number of nitrogens with zero attached hydrogens (tertiary/aromatic N) is 2. The molecule has 19 heavy (non-hydrogen) atoms. The summed E-state index contributed by atoms with van der Waals surface area (Å²) >= 11 is 0. The Morgan fingerprint density at radius 3 is 3.16 bits per heavy atom. The van der Waals surface area contributed by atoms with E-state index in [4.69, 9.17) is 15.5 Å². The van der Waals surface area contributed by atoms with E-state index in [1.807, 2.05) is 0 Å². The van der Waals surface area contributed by atoms with E-state index >= 15 is 0 Å². The first-order valence-corrected chi connectivity index (χ1v) is 7.01. The van der Waals surface area contributed by atoms with Gasteiger partial charge in [0.05, 0.1) is 19.3 Å². The normalized spacial score (nSPS) is 22.6. The molecule has 1 aliphatic carbocycles. The Hall–Kier alpha value is -1.17. The monoisotopic (exact) mass is 263 g/mol. The van der Waals surface area contributed by atoms with Gasteiger partial charge in [-0.1, -0.05) is 0 Å². The van der Waals surface area contributed by atoms with E-state index in [-0.39, 0.29) is 12.7 Å². The Morgan fingerprint density at radius 1 is 1.47 bits per heavy atom. The Balaban J connectivity index is 1.90. The number of hydrogen-bond donors (Lipinski definition) is 2. The lowest BCUT2D eigenvalue weighted by atomic mass is 10.1. The van der Waals surface area contributed by atoms with Crippen LogP contribution in [0.25, 0.3) is 0 Å². The maximum atomic E-state index is 9.24. The number of aryl methyl sites for hydroxylation is 2. The third-order valence-electron chi connectivity index (χ3n) is 3.97. The molecule has 1 aliphatic heterocycles. The van der Waals surface area contributed by atoms with E-state index in [0.29, 0.717) is 19.7 Å². The molecule has 5 nitrogen and oxygen atoms in total. The minimum atomic E-state index is -0.116. The van der Waals surface area contributed by atoms with Crippen LogP contribution in [0.1, 0.15) is 23.2 Å². The van der Waals surface area contributed by atoms with E-state index in [1.165, 1.54) is 17.7 Å². The Kier molecular flexibility index (Phi) is 3.68. The SMILES string of the molecule is NCc1cc2c(nc1N1CCOC(CO)C1)CCC2. The van der Waals surface area contributed by atoms with Gasteiger partial charge in [0, 0.05) is 30.9 Å². The molecule has 2 heterocycles. The second kappa shape index (κ2) is 5.45. The number of hydrogen-bond acceptors (Lipinski definition) is 5. The highest BCUT2D eigenvalue weighted by atomic mass is 16.5. The van der Waals surface area contributed by atoms with Crippen LogP contribution in [-0.2, 0) is 24.1 Å². The van der Waals surface area contributed by atoms with Crippen molar-refractivity contribution in [3.63, 3.8) is 0 Å². The number of aliphatic hydroxyl groups excluding tert-OH is 1. The summed E-state index contributed by atoms with van der Waals surface area (Å²) in [6, 6.07) is 2.22. The second-order valence-electron chi connectivity index (χ2n) is 5.26. The van der Waals surface area contributed by atoms with Gasteiger partial charge in [0.25, 0.3) is 0 Å². The maximum absolute atomic E-state index is 9.24. The fourth-order valence-corrected chi connectivity index (χ4v) is 2.96. The van der Waals surface area contributed by atoms with Crippen molar-refractivity contribution in [1.29, 1.82) is 0 Å². The molecule has 0 amide bonds. The Labute approximate surface area is 113 Å². The number of morpholine rings is 1. The van der Waals surface area contributed by atoms with Crippen molar-refractivity contribution in [2.45, 2.75) is 31.9 Å². The summed E-state index contributed by atoms with van der Waals surface area (Å²) in [6.07, 6.45) is 3.27. The van der Waals surface area contributed by atoms with Gasteiger partial charge in [-0.25, -0.2) is 4.98 Å². The summed E-state index contributed by atoms with van der Waals surface area (Å²) in [5.41, 5.74) is 9.56. The fourth-order valence-electron chi connectivity index (χ4n) is 2.96. The summed E-state index contributed by atoms with van der Waals surface area (Å²) in [4.78, 5) is 7.02. The average molecular weight is 263 g/mol. The molecule has 0 radical (unpaired) electrons. The van der Waals surface area contributed by atoms with Crippen LogP contribution < -0.4 is 10.6 Å². The molecule has 0 saturated carbocycles. The van der Waals surface area contributed by atoms with Gasteiger partial charge in [-0.15, -0.1) is 0 Å². The number of pyridine rings is 1. The maximum Gasteiger partial charge on any atom is 0.133 e. The predicted molar refractivity (Wildman–Crippen MR) is 73.2 cm³/mol. The Morgan fingerprint density at radius 2 is 2.37 bits per heavy atom. The number of rotatable bonds is 3. The molecule has 1 unspecified atom stereocenters. The average Bonchev–Trinajstić information content (AvgIpc) is 2.93. The summed E-state index contributed by atoms with van der Waals surface area (Å²) in [5.74, 6) is 0.991. The van der Waals surface area contributed by atoms with Gasteiger partial charge in [-0.2, -0.15) is 0 Å². The molecular formula is C14H21N3O2. The summed E-state index contributed by atoms with van der Waals surface area (Å²) in [7, 11) is 0. The number of fused-ring (bicyclic) bond motifs is 1. The molecule has 104 valence electrons. The third-order valence-corrected chi connectivity index (χ3v) is 3.97. The largest absolute Gasteiger partial charge is 0.394 e. The first-order valence-electron chi connectivity index (χ1n) is 7.01. The van der Waals surface area contributed by atoms with Crippen molar-refractivity contribution >= 4 is 5.82 Å². The van der Waals surface area contributed by atoms with Gasteiger partial charge >= 0.3 is 0 Å². The molecule has 1 saturated heterocycles. The molecule has 0 spiro atoms. The van der Waals surface area contributed by atoms with E-state index < -0.39 is 0 Å². The highest BCUT2D eigenvalue weighted by Gasteiger charge is 2.24. The van der Waals surface area contributed by atoms with Crippen LogP contribution in [0.4, 0.5) is 5.82 Å². The Bertz CT molecular complexity index is 464. The lowest BCUT2D eigenvalue weighted by molar-refractivity contribution is 0.00331. The van der Waals surface area contributed by atoms with Gasteiger partial charge in [-0.05, 0) is 30.9 Å². The zero-order chi connectivity index (χ0) is 13.2. The minimum absolute atomic E-state index is 0.0550. The van der Waals surface area contributed by atoms with E-state index in [1.54, 1.807) is 0 Å². The van der Waals surface area contributed by atoms with Crippen LogP contribution in [0.2, 0.25) is 0 Å². The molecule has 3 N–H and O–H groups in total. The first kappa shape index (κ1) is 12.8. The minimum Gasteiger partial charge on any atom is -0.394 e. The number of aliphatic hydroxyl groups is 1. The van der Waals surface area contributed by atoms with Crippen molar-refractivity contribution < 1.29 is 9.84 Å². The summed E-state index contributed by atoms with van der Waals surface area (Å²) < 4.78 is 5.49. The molecule has 1 aromatic heterocycles. The summed E-state index contributed by atoms with van der Waals surface area (Å²) in [6.45, 7) is 2.70. The van der Waals surface area contributed by atoms with Crippen LogP contribution in [0.15, 0.2) is 6.07 Å². The van der Waals surface area contributed by atoms with Crippen molar-refractivity contribution in [1.82, 2.24) is 4.98 Å². The fraction of sp³-hybridized carbons (Fsp3) is 0.643. The highest BCUT2D eigenvalue weighted by Crippen LogP contribution is 2.28. The topological polar surface area (TPSA) is 71.6 Å². The van der Waals surface area contributed by atoms with Gasteiger partial charge in [-0.3, -0.25) is 0 Å². The first-order chi connectivity index (χ1) is 9.31. The highest BCUT2D eigenvalue weighted by molar-refractivity contribution is 5.51. The van der Waals surface area contributed by atoms with E-state index in [0.717, 1.165) is 30.8 Å².